The Morgan fingerprint density at radius 2 is 1.45 bits per heavy atom. The van der Waals surface area contributed by atoms with Gasteiger partial charge in [0, 0.05) is 22.3 Å². The summed E-state index contributed by atoms with van der Waals surface area (Å²) in [4.78, 5) is 0. The van der Waals surface area contributed by atoms with Crippen molar-refractivity contribution in [1.29, 1.82) is 0 Å². The molecule has 0 spiro atoms. The van der Waals surface area contributed by atoms with Gasteiger partial charge in [-0.15, -0.1) is 0 Å². The van der Waals surface area contributed by atoms with Crippen LogP contribution in [0, 0.1) is 40.8 Å². The number of phenolic OH excluding ortho intramolecular Hbond substituents is 1. The van der Waals surface area contributed by atoms with Gasteiger partial charge in [-0.25, -0.2) is 17.6 Å². The van der Waals surface area contributed by atoms with E-state index in [0.29, 0.717) is 37.7 Å². The van der Waals surface area contributed by atoms with Crippen molar-refractivity contribution >= 4 is 5.57 Å². The number of ether oxygens (including phenoxy) is 1. The Morgan fingerprint density at radius 1 is 0.816 bits per heavy atom. The highest BCUT2D eigenvalue weighted by Gasteiger charge is 2.25. The highest BCUT2D eigenvalue weighted by molar-refractivity contribution is 5.72. The first kappa shape index (κ1) is 27.6. The third-order valence-corrected chi connectivity index (χ3v) is 6.77. The Balaban J connectivity index is 1.45. The molecular weight excluding hydrogens is 510 g/mol. The van der Waals surface area contributed by atoms with E-state index in [9.17, 15) is 36.6 Å². The lowest BCUT2D eigenvalue weighted by Gasteiger charge is -2.23. The van der Waals surface area contributed by atoms with Crippen LogP contribution in [0.4, 0.5) is 26.3 Å². The van der Waals surface area contributed by atoms with Gasteiger partial charge in [0.05, 0.1) is 12.7 Å². The number of halogens is 6. The second-order valence-electron chi connectivity index (χ2n) is 9.31. The molecule has 0 saturated carbocycles. The summed E-state index contributed by atoms with van der Waals surface area (Å²) in [6, 6.07) is 6.83. The lowest BCUT2D eigenvalue weighted by atomic mass is 9.86. The van der Waals surface area contributed by atoms with E-state index in [-0.39, 0.29) is 29.4 Å². The number of benzene rings is 3. The molecule has 0 amide bonds. The first-order chi connectivity index (χ1) is 18.1. The van der Waals surface area contributed by atoms with Gasteiger partial charge in [-0.1, -0.05) is 31.6 Å². The van der Waals surface area contributed by atoms with Crippen LogP contribution in [0.25, 0.3) is 16.7 Å². The molecule has 0 saturated heterocycles. The molecule has 4 rings (SSSR count). The number of aliphatic hydroxyl groups is 1. The molecule has 0 aliphatic heterocycles. The smallest absolute Gasteiger partial charge is 0.200 e. The Hall–Kier alpha value is -3.46. The van der Waals surface area contributed by atoms with Crippen molar-refractivity contribution in [1.82, 2.24) is 0 Å². The molecule has 0 bridgehead atoms. The summed E-state index contributed by atoms with van der Waals surface area (Å²) < 4.78 is 91.9. The molecule has 0 heterocycles. The molecular formula is C29H26F6O3. The summed E-state index contributed by atoms with van der Waals surface area (Å²) in [6.07, 6.45) is 2.77. The minimum atomic E-state index is -1.55. The molecule has 0 fully saturated rings. The zero-order valence-corrected chi connectivity index (χ0v) is 20.5. The van der Waals surface area contributed by atoms with Gasteiger partial charge in [-0.3, -0.25) is 0 Å². The van der Waals surface area contributed by atoms with Gasteiger partial charge in [0.25, 0.3) is 0 Å². The van der Waals surface area contributed by atoms with Gasteiger partial charge < -0.3 is 14.9 Å². The second-order valence-corrected chi connectivity index (χ2v) is 9.31. The number of phenols is 1. The van der Waals surface area contributed by atoms with E-state index in [1.165, 1.54) is 18.2 Å². The first-order valence-electron chi connectivity index (χ1n) is 12.3. The van der Waals surface area contributed by atoms with Crippen molar-refractivity contribution in [3.05, 3.63) is 88.5 Å². The average molecular weight is 537 g/mol. The summed E-state index contributed by atoms with van der Waals surface area (Å²) >= 11 is 0. The van der Waals surface area contributed by atoms with E-state index in [1.807, 2.05) is 6.92 Å². The monoisotopic (exact) mass is 536 g/mol. The molecule has 2 unspecified atom stereocenters. The third-order valence-electron chi connectivity index (χ3n) is 6.77. The summed E-state index contributed by atoms with van der Waals surface area (Å²) in [7, 11) is 0. The fourth-order valence-electron chi connectivity index (χ4n) is 4.59. The van der Waals surface area contributed by atoms with Gasteiger partial charge in [-0.05, 0) is 61.4 Å². The van der Waals surface area contributed by atoms with Gasteiger partial charge in [0.1, 0.15) is 0 Å². The molecule has 202 valence electrons. The summed E-state index contributed by atoms with van der Waals surface area (Å²) in [5.41, 5.74) is -0.615. The fraction of sp³-hybridized carbons (Fsp3) is 0.310. The van der Waals surface area contributed by atoms with Gasteiger partial charge in [0.15, 0.2) is 34.8 Å². The molecule has 0 radical (unpaired) electrons. The largest absolute Gasteiger partial charge is 0.505 e. The maximum Gasteiger partial charge on any atom is 0.200 e. The Kier molecular flexibility index (Phi) is 8.35. The van der Waals surface area contributed by atoms with Crippen molar-refractivity contribution < 1.29 is 41.3 Å². The number of aromatic hydroxyl groups is 1. The minimum absolute atomic E-state index is 0.0142. The standard InChI is InChI=1S/C29H26F6O3/c1-2-3-21(36)20-11-13-23(29(35)27(20)33)38-14-15-4-6-16(7-5-15)17-8-9-18(25(31)24(17)30)19-10-12-22(37)28(34)26(19)32/h6,8-13,15,21,36-37H,2-5,7,14H2,1H3. The second kappa shape index (κ2) is 11.5. The van der Waals surface area contributed by atoms with Crippen molar-refractivity contribution in [2.24, 2.45) is 5.92 Å². The van der Waals surface area contributed by atoms with E-state index in [0.717, 1.165) is 18.2 Å². The predicted molar refractivity (Wildman–Crippen MR) is 130 cm³/mol. The van der Waals surface area contributed by atoms with E-state index in [1.54, 1.807) is 6.08 Å². The summed E-state index contributed by atoms with van der Waals surface area (Å²) in [5, 5.41) is 19.2. The zero-order chi connectivity index (χ0) is 27.6. The van der Waals surface area contributed by atoms with E-state index in [2.05, 4.69) is 0 Å². The molecule has 38 heavy (non-hydrogen) atoms. The van der Waals surface area contributed by atoms with Crippen LogP contribution in [0.2, 0.25) is 0 Å². The normalized spacial score (nSPS) is 16.3. The molecule has 3 aromatic carbocycles. The number of rotatable bonds is 8. The SMILES string of the molecule is CCCC(O)c1ccc(OCC2CC=C(c3ccc(-c4ccc(O)c(F)c4F)c(F)c3F)CC2)c(F)c1F. The van der Waals surface area contributed by atoms with E-state index < -0.39 is 57.9 Å². The Bertz CT molecular complexity index is 1370. The van der Waals surface area contributed by atoms with E-state index >= 15 is 0 Å². The minimum Gasteiger partial charge on any atom is -0.505 e. The first-order valence-corrected chi connectivity index (χ1v) is 12.3. The lowest BCUT2D eigenvalue weighted by molar-refractivity contribution is 0.159. The maximum atomic E-state index is 14.9. The highest BCUT2D eigenvalue weighted by atomic mass is 19.2. The van der Waals surface area contributed by atoms with Gasteiger partial charge in [0.2, 0.25) is 11.6 Å². The van der Waals surface area contributed by atoms with Crippen LogP contribution in [-0.2, 0) is 0 Å². The van der Waals surface area contributed by atoms with Crippen LogP contribution in [0.3, 0.4) is 0 Å². The van der Waals surface area contributed by atoms with Crippen LogP contribution in [-0.4, -0.2) is 16.8 Å². The number of hydrogen-bond acceptors (Lipinski definition) is 3. The quantitative estimate of drug-likeness (QED) is 0.287. The third kappa shape index (κ3) is 5.38. The Labute approximate surface area is 216 Å². The van der Waals surface area contributed by atoms with Crippen LogP contribution < -0.4 is 4.74 Å². The summed E-state index contributed by atoms with van der Waals surface area (Å²) in [6.45, 7) is 1.89. The molecule has 0 aromatic heterocycles. The average Bonchev–Trinajstić information content (AvgIpc) is 2.91. The molecule has 9 heteroatoms. The number of hydrogen-bond donors (Lipinski definition) is 2. The van der Waals surface area contributed by atoms with Crippen molar-refractivity contribution in [3.8, 4) is 22.6 Å². The molecule has 2 atom stereocenters. The fourth-order valence-corrected chi connectivity index (χ4v) is 4.59. The lowest BCUT2D eigenvalue weighted by Crippen LogP contribution is -2.16. The number of allylic oxidation sites excluding steroid dienone is 2. The molecule has 2 N–H and O–H groups in total. The topological polar surface area (TPSA) is 49.7 Å². The Morgan fingerprint density at radius 3 is 2.11 bits per heavy atom. The van der Waals surface area contributed by atoms with Crippen LogP contribution in [0.15, 0.2) is 42.5 Å². The molecule has 3 aromatic rings. The molecule has 1 aliphatic rings. The van der Waals surface area contributed by atoms with Gasteiger partial charge >= 0.3 is 0 Å². The van der Waals surface area contributed by atoms with Crippen molar-refractivity contribution in [2.75, 3.05) is 6.61 Å². The number of aliphatic hydroxyl groups excluding tert-OH is 1. The highest BCUT2D eigenvalue weighted by Crippen LogP contribution is 2.37. The van der Waals surface area contributed by atoms with Crippen LogP contribution in [0.5, 0.6) is 11.5 Å². The molecule has 3 nitrogen and oxygen atoms in total. The van der Waals surface area contributed by atoms with Crippen molar-refractivity contribution in [2.45, 2.75) is 45.1 Å². The van der Waals surface area contributed by atoms with Crippen LogP contribution >= 0.6 is 0 Å². The summed E-state index contributed by atoms with van der Waals surface area (Å²) in [5.74, 6) is -9.22. The maximum absolute atomic E-state index is 14.9. The predicted octanol–water partition coefficient (Wildman–Crippen LogP) is 7.99. The van der Waals surface area contributed by atoms with E-state index in [4.69, 9.17) is 4.74 Å². The van der Waals surface area contributed by atoms with Gasteiger partial charge in [-0.2, -0.15) is 8.78 Å². The van der Waals surface area contributed by atoms with Crippen molar-refractivity contribution in [3.63, 3.8) is 0 Å². The molecule has 1 aliphatic carbocycles. The zero-order valence-electron chi connectivity index (χ0n) is 20.5. The van der Waals surface area contributed by atoms with Crippen LogP contribution in [0.1, 0.15) is 56.3 Å².